The van der Waals surface area contributed by atoms with Crippen molar-refractivity contribution in [2.75, 3.05) is 0 Å². The lowest BCUT2D eigenvalue weighted by atomic mass is 10.1. The zero-order valence-corrected chi connectivity index (χ0v) is 8.11. The minimum atomic E-state index is -0.640. The van der Waals surface area contributed by atoms with E-state index in [1.807, 2.05) is 0 Å². The monoisotopic (exact) mass is 220 g/mol. The Morgan fingerprint density at radius 1 is 1.54 bits per heavy atom. The summed E-state index contributed by atoms with van der Waals surface area (Å²) in [6.07, 6.45) is 1.44. The van der Waals surface area contributed by atoms with E-state index in [2.05, 4.69) is 11.6 Å². The van der Waals surface area contributed by atoms with Crippen molar-refractivity contribution < 1.29 is 4.39 Å². The van der Waals surface area contributed by atoms with E-state index in [4.69, 9.17) is 28.9 Å². The van der Waals surface area contributed by atoms with Crippen LogP contribution in [-0.4, -0.2) is 4.98 Å². The highest BCUT2D eigenvalue weighted by molar-refractivity contribution is 6.33. The van der Waals surface area contributed by atoms with Crippen molar-refractivity contribution in [2.45, 2.75) is 6.04 Å². The molecule has 1 heterocycles. The van der Waals surface area contributed by atoms with E-state index in [1.165, 1.54) is 6.08 Å². The van der Waals surface area contributed by atoms with Crippen LogP contribution in [-0.2, 0) is 0 Å². The summed E-state index contributed by atoms with van der Waals surface area (Å²) in [4.78, 5) is 3.57. The normalized spacial score (nSPS) is 12.6. The molecule has 0 unspecified atom stereocenters. The Kier molecular flexibility index (Phi) is 3.25. The predicted octanol–water partition coefficient (Wildman–Crippen LogP) is 2.71. The minimum absolute atomic E-state index is 0.0961. The number of hydrogen-bond donors (Lipinski definition) is 1. The molecular weight excluding hydrogens is 214 g/mol. The van der Waals surface area contributed by atoms with Gasteiger partial charge in [-0.3, -0.25) is 0 Å². The van der Waals surface area contributed by atoms with Gasteiger partial charge in [0.2, 0.25) is 0 Å². The Morgan fingerprint density at radius 2 is 2.15 bits per heavy atom. The first-order chi connectivity index (χ1) is 6.06. The summed E-state index contributed by atoms with van der Waals surface area (Å²) >= 11 is 11.1. The lowest BCUT2D eigenvalue weighted by Gasteiger charge is -2.08. The molecule has 0 amide bonds. The van der Waals surface area contributed by atoms with Gasteiger partial charge in [0.1, 0.15) is 5.15 Å². The van der Waals surface area contributed by atoms with E-state index in [1.54, 1.807) is 0 Å². The minimum Gasteiger partial charge on any atom is -0.321 e. The topological polar surface area (TPSA) is 38.9 Å². The third-order valence-corrected chi connectivity index (χ3v) is 2.09. The van der Waals surface area contributed by atoms with Crippen molar-refractivity contribution in [1.29, 1.82) is 0 Å². The molecule has 0 aliphatic rings. The molecule has 2 nitrogen and oxygen atoms in total. The van der Waals surface area contributed by atoms with Gasteiger partial charge in [-0.05, 0) is 6.07 Å². The van der Waals surface area contributed by atoms with Gasteiger partial charge in [0, 0.05) is 5.56 Å². The van der Waals surface area contributed by atoms with Crippen LogP contribution in [0.4, 0.5) is 4.39 Å². The van der Waals surface area contributed by atoms with Crippen LogP contribution in [0.15, 0.2) is 18.7 Å². The van der Waals surface area contributed by atoms with Crippen LogP contribution in [0.1, 0.15) is 11.6 Å². The van der Waals surface area contributed by atoms with Crippen LogP contribution in [0.5, 0.6) is 0 Å². The molecule has 1 atom stereocenters. The SMILES string of the molecule is C=C[C@@H](N)c1cc(F)c(Cl)nc1Cl. The molecule has 0 aliphatic heterocycles. The fraction of sp³-hybridized carbons (Fsp3) is 0.125. The highest BCUT2D eigenvalue weighted by atomic mass is 35.5. The lowest BCUT2D eigenvalue weighted by Crippen LogP contribution is -2.08. The van der Waals surface area contributed by atoms with Crippen LogP contribution in [0.25, 0.3) is 0 Å². The van der Waals surface area contributed by atoms with Gasteiger partial charge in [-0.2, -0.15) is 0 Å². The van der Waals surface area contributed by atoms with Gasteiger partial charge in [-0.1, -0.05) is 29.3 Å². The molecule has 0 radical (unpaired) electrons. The number of nitrogens with two attached hydrogens (primary N) is 1. The highest BCUT2D eigenvalue weighted by Gasteiger charge is 2.12. The third-order valence-electron chi connectivity index (χ3n) is 1.53. The van der Waals surface area contributed by atoms with E-state index in [9.17, 15) is 4.39 Å². The predicted molar refractivity (Wildman–Crippen MR) is 51.3 cm³/mol. The number of halogens is 3. The Morgan fingerprint density at radius 3 is 2.69 bits per heavy atom. The summed E-state index contributed by atoms with van der Waals surface area (Å²) in [5.41, 5.74) is 5.94. The van der Waals surface area contributed by atoms with Crippen molar-refractivity contribution in [3.8, 4) is 0 Å². The average Bonchev–Trinajstić information content (AvgIpc) is 2.10. The molecule has 13 heavy (non-hydrogen) atoms. The van der Waals surface area contributed by atoms with Crippen LogP contribution < -0.4 is 5.73 Å². The summed E-state index contributed by atoms with van der Waals surface area (Å²) < 4.78 is 12.9. The fourth-order valence-corrected chi connectivity index (χ4v) is 1.27. The molecule has 0 bridgehead atoms. The van der Waals surface area contributed by atoms with E-state index in [0.29, 0.717) is 5.56 Å². The molecule has 0 spiro atoms. The Bertz CT molecular complexity index is 341. The molecular formula is C8H7Cl2FN2. The first-order valence-corrected chi connectivity index (χ1v) is 4.21. The zero-order chi connectivity index (χ0) is 10.0. The summed E-state index contributed by atoms with van der Waals surface area (Å²) in [5.74, 6) is -0.640. The van der Waals surface area contributed by atoms with Crippen molar-refractivity contribution in [3.63, 3.8) is 0 Å². The molecule has 2 N–H and O–H groups in total. The number of rotatable bonds is 2. The molecule has 0 saturated carbocycles. The molecule has 1 aromatic heterocycles. The van der Waals surface area contributed by atoms with Crippen LogP contribution in [0.2, 0.25) is 10.3 Å². The fourth-order valence-electron chi connectivity index (χ4n) is 0.820. The third kappa shape index (κ3) is 2.18. The second-order valence-corrected chi connectivity index (χ2v) is 3.12. The lowest BCUT2D eigenvalue weighted by molar-refractivity contribution is 0.617. The van der Waals surface area contributed by atoms with Crippen molar-refractivity contribution in [2.24, 2.45) is 5.73 Å². The molecule has 0 aliphatic carbocycles. The number of aromatic nitrogens is 1. The van der Waals surface area contributed by atoms with Crippen molar-refractivity contribution in [3.05, 3.63) is 40.4 Å². The van der Waals surface area contributed by atoms with Gasteiger partial charge in [0.05, 0.1) is 6.04 Å². The van der Waals surface area contributed by atoms with Crippen LogP contribution >= 0.6 is 23.2 Å². The second kappa shape index (κ2) is 4.05. The molecule has 0 aromatic carbocycles. The maximum absolute atomic E-state index is 12.9. The Hall–Kier alpha value is -0.640. The van der Waals surface area contributed by atoms with E-state index in [0.717, 1.165) is 6.07 Å². The van der Waals surface area contributed by atoms with Gasteiger partial charge >= 0.3 is 0 Å². The number of hydrogen-bond acceptors (Lipinski definition) is 2. The van der Waals surface area contributed by atoms with Crippen LogP contribution in [0.3, 0.4) is 0 Å². The van der Waals surface area contributed by atoms with E-state index in [-0.39, 0.29) is 10.3 Å². The second-order valence-electron chi connectivity index (χ2n) is 2.40. The summed E-state index contributed by atoms with van der Waals surface area (Å²) in [6.45, 7) is 3.46. The molecule has 70 valence electrons. The maximum atomic E-state index is 12.9. The highest BCUT2D eigenvalue weighted by Crippen LogP contribution is 2.24. The zero-order valence-electron chi connectivity index (χ0n) is 6.60. The smallest absolute Gasteiger partial charge is 0.166 e. The quantitative estimate of drug-likeness (QED) is 0.615. The van der Waals surface area contributed by atoms with Gasteiger partial charge in [-0.15, -0.1) is 6.58 Å². The first-order valence-electron chi connectivity index (χ1n) is 3.46. The van der Waals surface area contributed by atoms with E-state index >= 15 is 0 Å². The summed E-state index contributed by atoms with van der Waals surface area (Å²) in [5, 5.41) is -0.163. The summed E-state index contributed by atoms with van der Waals surface area (Å²) in [6, 6.07) is 0.621. The standard InChI is InChI=1S/C8H7Cl2FN2/c1-2-6(12)4-3-5(11)8(10)13-7(4)9/h2-3,6H,1,12H2/t6-/m1/s1. The maximum Gasteiger partial charge on any atom is 0.166 e. The van der Waals surface area contributed by atoms with Gasteiger partial charge < -0.3 is 5.73 Å². The van der Waals surface area contributed by atoms with Gasteiger partial charge in [0.15, 0.2) is 11.0 Å². The van der Waals surface area contributed by atoms with E-state index < -0.39 is 11.9 Å². The first kappa shape index (κ1) is 10.4. The molecule has 1 aromatic rings. The molecule has 5 heteroatoms. The van der Waals surface area contributed by atoms with Crippen molar-refractivity contribution >= 4 is 23.2 Å². The van der Waals surface area contributed by atoms with Gasteiger partial charge in [0.25, 0.3) is 0 Å². The van der Waals surface area contributed by atoms with Crippen molar-refractivity contribution in [1.82, 2.24) is 4.98 Å². The molecule has 0 fully saturated rings. The number of nitrogens with zero attached hydrogens (tertiary/aromatic N) is 1. The average molecular weight is 221 g/mol. The molecule has 1 rings (SSSR count). The molecule has 0 saturated heterocycles. The largest absolute Gasteiger partial charge is 0.321 e. The number of pyridine rings is 1. The van der Waals surface area contributed by atoms with Crippen LogP contribution in [0, 0.1) is 5.82 Å². The van der Waals surface area contributed by atoms with Gasteiger partial charge in [-0.25, -0.2) is 9.37 Å². The Labute approximate surface area is 85.2 Å². The Balaban J connectivity index is 3.22. The summed E-state index contributed by atoms with van der Waals surface area (Å²) in [7, 11) is 0.